The van der Waals surface area contributed by atoms with Crippen LogP contribution in [-0.4, -0.2) is 0 Å². The van der Waals surface area contributed by atoms with Crippen molar-refractivity contribution in [3.8, 4) is 0 Å². The third-order valence-corrected chi connectivity index (χ3v) is 3.01. The molecule has 0 bridgehead atoms. The molecule has 0 aromatic heterocycles. The molecule has 148 valence electrons. The Morgan fingerprint density at radius 1 is 0.630 bits per heavy atom. The summed E-state index contributed by atoms with van der Waals surface area (Å²) in [6.07, 6.45) is 0. The summed E-state index contributed by atoms with van der Waals surface area (Å²) in [7, 11) is 0. The van der Waals surface area contributed by atoms with Crippen LogP contribution in [0.1, 0.15) is 30.9 Å². The Balaban J connectivity index is 0.000000504. The number of benzene rings is 2. The van der Waals surface area contributed by atoms with E-state index in [2.05, 4.69) is 0 Å². The Morgan fingerprint density at radius 2 is 1.00 bits per heavy atom. The molecule has 0 saturated carbocycles. The number of hydrogen-bond acceptors (Lipinski definition) is 0. The quantitative estimate of drug-likeness (QED) is 0.137. The Bertz CT molecular complexity index is 765. The van der Waals surface area contributed by atoms with Gasteiger partial charge in [0.25, 0.3) is 0 Å². The molecule has 2 aromatic rings. The number of halogens is 10. The first-order valence-corrected chi connectivity index (χ1v) is 6.65. The van der Waals surface area contributed by atoms with E-state index in [1.807, 2.05) is 0 Å². The smallest absolute Gasteiger partial charge is 0.109 e. The average Bonchev–Trinajstić information content (AvgIpc) is 2.57. The van der Waals surface area contributed by atoms with Gasteiger partial charge in [-0.2, -0.15) is 0 Å². The summed E-state index contributed by atoms with van der Waals surface area (Å²) in [5.74, 6) is -17.3. The molecular weight excluding hydrogens is 561 g/mol. The Morgan fingerprint density at radius 3 is 1.30 bits per heavy atom. The van der Waals surface area contributed by atoms with Crippen molar-refractivity contribution in [2.24, 2.45) is 0 Å². The van der Waals surface area contributed by atoms with Crippen molar-refractivity contribution in [2.45, 2.75) is 19.8 Å². The van der Waals surface area contributed by atoms with E-state index in [-0.39, 0.29) is 25.8 Å². The van der Waals surface area contributed by atoms with E-state index in [4.69, 9.17) is 0 Å². The Labute approximate surface area is 166 Å². The van der Waals surface area contributed by atoms with Crippen LogP contribution in [0.25, 0.3) is 0 Å². The molecule has 0 aliphatic heterocycles. The third kappa shape index (κ3) is 5.26. The minimum atomic E-state index is -2.17. The second-order valence-corrected chi connectivity index (χ2v) is 5.04. The summed E-state index contributed by atoms with van der Waals surface area (Å²) in [6, 6.07) is 1.02. The van der Waals surface area contributed by atoms with Crippen LogP contribution in [0.4, 0.5) is 43.9 Å². The fourth-order valence-corrected chi connectivity index (χ4v) is 1.76. The fraction of sp³-hybridized carbons (Fsp3) is 0.188. The predicted octanol–water partition coefficient (Wildman–Crippen LogP) is 6.03. The topological polar surface area (TPSA) is 0 Å². The zero-order valence-corrected chi connectivity index (χ0v) is 17.0. The maximum absolute atomic E-state index is 13.2. The molecular formula is C16H8F10Hf-2. The molecule has 0 fully saturated rings. The van der Waals surface area contributed by atoms with Gasteiger partial charge < -0.3 is 0 Å². The van der Waals surface area contributed by atoms with Crippen LogP contribution in [-0.2, 0) is 25.8 Å². The Kier molecular flexibility index (Phi) is 9.57. The van der Waals surface area contributed by atoms with Crippen LogP contribution in [0.15, 0.2) is 0 Å². The molecule has 0 radical (unpaired) electrons. The van der Waals surface area contributed by atoms with Gasteiger partial charge in [0.05, 0.1) is 40.7 Å². The average molecular weight is 569 g/mol. The van der Waals surface area contributed by atoms with Gasteiger partial charge in [-0.05, 0) is 12.6 Å². The van der Waals surface area contributed by atoms with E-state index in [1.54, 1.807) is 0 Å². The Hall–Kier alpha value is -1.52. The minimum absolute atomic E-state index is 0. The van der Waals surface area contributed by atoms with Crippen molar-refractivity contribution in [2.75, 3.05) is 0 Å². The number of hydrogen-bond donors (Lipinski definition) is 0. The van der Waals surface area contributed by atoms with Crippen LogP contribution in [0.2, 0.25) is 0 Å². The SMILES string of the molecule is CC(C)c1c(F)c(F)c([CH-]F)c(F)c1F.Fc1[c-]c(F)c(F)c(F)c1F.[Hf]. The monoisotopic (exact) mass is 570 g/mol. The summed E-state index contributed by atoms with van der Waals surface area (Å²) in [6.45, 7) is 2.25. The largest absolute Gasteiger partial charge is 0.292 e. The van der Waals surface area contributed by atoms with Crippen LogP contribution in [0.3, 0.4) is 0 Å². The van der Waals surface area contributed by atoms with Crippen molar-refractivity contribution in [1.29, 1.82) is 0 Å². The van der Waals surface area contributed by atoms with Crippen LogP contribution in [0.5, 0.6) is 0 Å². The summed E-state index contributed by atoms with van der Waals surface area (Å²) < 4.78 is 124. The first-order valence-electron chi connectivity index (χ1n) is 6.65. The maximum atomic E-state index is 13.2. The van der Waals surface area contributed by atoms with Gasteiger partial charge in [0.2, 0.25) is 0 Å². The normalized spacial score (nSPS) is 10.3. The van der Waals surface area contributed by atoms with E-state index in [0.29, 0.717) is 0 Å². The van der Waals surface area contributed by atoms with Gasteiger partial charge in [-0.15, -0.1) is 6.07 Å². The molecule has 0 heterocycles. The molecule has 11 heteroatoms. The molecule has 0 atom stereocenters. The van der Waals surface area contributed by atoms with Gasteiger partial charge in [-0.3, -0.25) is 22.0 Å². The molecule has 27 heavy (non-hydrogen) atoms. The van der Waals surface area contributed by atoms with Gasteiger partial charge >= 0.3 is 0 Å². The minimum Gasteiger partial charge on any atom is -0.292 e. The van der Waals surface area contributed by atoms with Gasteiger partial charge in [0.1, 0.15) is 11.6 Å². The zero-order valence-electron chi connectivity index (χ0n) is 13.4. The molecule has 2 aromatic carbocycles. The number of rotatable bonds is 2. The van der Waals surface area contributed by atoms with Crippen LogP contribution in [0, 0.1) is 65.1 Å². The second kappa shape index (κ2) is 10.1. The van der Waals surface area contributed by atoms with E-state index in [9.17, 15) is 43.9 Å². The van der Waals surface area contributed by atoms with Crippen molar-refractivity contribution in [1.82, 2.24) is 0 Å². The van der Waals surface area contributed by atoms with Crippen molar-refractivity contribution < 1.29 is 69.7 Å². The van der Waals surface area contributed by atoms with E-state index in [0.717, 1.165) is 6.07 Å². The third-order valence-electron chi connectivity index (χ3n) is 3.01. The molecule has 0 nitrogen and oxygen atoms in total. The standard InChI is InChI=1S/C10H8F5.C6F5.Hf/c1-4(2)6-9(14)7(12)5(3-11)8(13)10(6)15;7-2-1-3(8)5(10)6(11)4(2)9;/h3-4H,1-2H3;;/q2*-1;. The predicted molar refractivity (Wildman–Crippen MR) is 69.9 cm³/mol. The van der Waals surface area contributed by atoms with Crippen molar-refractivity contribution in [3.05, 3.63) is 76.2 Å². The molecule has 0 aliphatic carbocycles. The molecule has 2 rings (SSSR count). The molecule has 0 aliphatic rings. The van der Waals surface area contributed by atoms with Gasteiger partial charge in [-0.1, -0.05) is 19.4 Å². The van der Waals surface area contributed by atoms with E-state index < -0.39 is 76.1 Å². The van der Waals surface area contributed by atoms with Gasteiger partial charge in [0, 0.05) is 31.4 Å². The summed E-state index contributed by atoms with van der Waals surface area (Å²) >= 11 is 0. The molecule has 0 amide bonds. The van der Waals surface area contributed by atoms with E-state index >= 15 is 0 Å². The summed E-state index contributed by atoms with van der Waals surface area (Å²) in [5, 5.41) is 0. The van der Waals surface area contributed by atoms with Crippen molar-refractivity contribution >= 4 is 0 Å². The van der Waals surface area contributed by atoms with Gasteiger partial charge in [-0.25, -0.2) is 22.0 Å². The first kappa shape index (κ1) is 25.5. The fourth-order valence-electron chi connectivity index (χ4n) is 1.76. The summed E-state index contributed by atoms with van der Waals surface area (Å²) in [4.78, 5) is 0. The summed E-state index contributed by atoms with van der Waals surface area (Å²) in [5.41, 5.74) is -2.04. The molecule has 0 unspecified atom stereocenters. The van der Waals surface area contributed by atoms with Crippen molar-refractivity contribution in [3.63, 3.8) is 0 Å². The maximum Gasteiger partial charge on any atom is 0.109 e. The molecule has 0 N–H and O–H groups in total. The first-order chi connectivity index (χ1) is 11.9. The van der Waals surface area contributed by atoms with Gasteiger partial charge in [0.15, 0.2) is 0 Å². The second-order valence-electron chi connectivity index (χ2n) is 5.04. The molecule has 0 spiro atoms. The van der Waals surface area contributed by atoms with E-state index in [1.165, 1.54) is 13.8 Å². The zero-order chi connectivity index (χ0) is 20.3. The van der Waals surface area contributed by atoms with Crippen LogP contribution >= 0.6 is 0 Å². The van der Waals surface area contributed by atoms with Crippen LogP contribution < -0.4 is 0 Å². The molecule has 0 saturated heterocycles.